The van der Waals surface area contributed by atoms with Gasteiger partial charge in [0.2, 0.25) is 0 Å². The highest BCUT2D eigenvalue weighted by molar-refractivity contribution is 6.18. The summed E-state index contributed by atoms with van der Waals surface area (Å²) in [5, 5.41) is 2.00. The second kappa shape index (κ2) is 3.43. The SMILES string of the molecule is C#CC1=CC(=O)NC1=O.c1cc2ccc1-2. The van der Waals surface area contributed by atoms with Crippen LogP contribution in [0.3, 0.4) is 0 Å². The molecule has 0 unspecified atom stereocenters. The summed E-state index contributed by atoms with van der Waals surface area (Å²) >= 11 is 0. The summed E-state index contributed by atoms with van der Waals surface area (Å²) in [4.78, 5) is 20.8. The van der Waals surface area contributed by atoms with Crippen LogP contribution in [0.5, 0.6) is 0 Å². The minimum atomic E-state index is -0.484. The molecule has 0 aromatic rings. The molecule has 2 amide bonds. The van der Waals surface area contributed by atoms with Gasteiger partial charge in [-0.15, -0.1) is 6.42 Å². The fourth-order valence-electron chi connectivity index (χ4n) is 1.18. The third kappa shape index (κ3) is 1.65. The first kappa shape index (κ1) is 9.22. The van der Waals surface area contributed by atoms with Gasteiger partial charge < -0.3 is 0 Å². The molecule has 1 N–H and O–H groups in total. The molecular weight excluding hydrogens is 190 g/mol. The van der Waals surface area contributed by atoms with E-state index in [1.54, 1.807) is 0 Å². The van der Waals surface area contributed by atoms with E-state index in [9.17, 15) is 9.59 Å². The van der Waals surface area contributed by atoms with E-state index in [1.165, 1.54) is 11.1 Å². The number of carbonyl (C=O) groups is 2. The number of hydrogen-bond donors (Lipinski definition) is 1. The number of hydrogen-bond acceptors (Lipinski definition) is 2. The van der Waals surface area contributed by atoms with Gasteiger partial charge in [-0.3, -0.25) is 14.9 Å². The summed E-state index contributed by atoms with van der Waals surface area (Å²) in [5.74, 6) is 1.15. The highest BCUT2D eigenvalue weighted by Crippen LogP contribution is 2.29. The molecule has 2 aliphatic carbocycles. The van der Waals surface area contributed by atoms with Crippen LogP contribution < -0.4 is 5.32 Å². The van der Waals surface area contributed by atoms with Gasteiger partial charge in [0.05, 0.1) is 5.57 Å². The first-order valence-corrected chi connectivity index (χ1v) is 4.35. The van der Waals surface area contributed by atoms with Crippen LogP contribution in [0.15, 0.2) is 35.9 Å². The molecule has 3 aliphatic rings. The lowest BCUT2D eigenvalue weighted by Crippen LogP contribution is -2.21. The molecule has 0 saturated heterocycles. The number of carbonyl (C=O) groups excluding carboxylic acids is 2. The van der Waals surface area contributed by atoms with Crippen molar-refractivity contribution in [2.75, 3.05) is 0 Å². The number of fused-ring (bicyclic) bond motifs is 1. The van der Waals surface area contributed by atoms with Crippen LogP contribution in [0.2, 0.25) is 0 Å². The maximum Gasteiger partial charge on any atom is 0.266 e. The molecule has 3 heteroatoms. The van der Waals surface area contributed by atoms with Gasteiger partial charge in [-0.25, -0.2) is 0 Å². The Morgan fingerprint density at radius 3 is 1.73 bits per heavy atom. The predicted octanol–water partition coefficient (Wildman–Crippen LogP) is 0.869. The van der Waals surface area contributed by atoms with Crippen LogP contribution in [0.25, 0.3) is 11.1 Å². The zero-order valence-electron chi connectivity index (χ0n) is 7.78. The maximum absolute atomic E-state index is 10.5. The van der Waals surface area contributed by atoms with Gasteiger partial charge >= 0.3 is 0 Å². The predicted molar refractivity (Wildman–Crippen MR) is 55.5 cm³/mol. The Morgan fingerprint density at radius 1 is 1.07 bits per heavy atom. The highest BCUT2D eigenvalue weighted by atomic mass is 16.2. The molecule has 3 rings (SSSR count). The molecule has 0 fully saturated rings. The second-order valence-electron chi connectivity index (χ2n) is 3.10. The smallest absolute Gasteiger partial charge is 0.266 e. The summed E-state index contributed by atoms with van der Waals surface area (Å²) < 4.78 is 0. The number of terminal acetylenes is 1. The standard InChI is InChI=1S/C6H3NO2.C6H4/c1-2-4-3-5(8)7-6(4)9;1-2-6-4-3-5(1)6/h1,3H,(H,7,8,9);1-4H. The Morgan fingerprint density at radius 2 is 1.60 bits per heavy atom. The van der Waals surface area contributed by atoms with Gasteiger partial charge in [0.25, 0.3) is 11.8 Å². The van der Waals surface area contributed by atoms with Crippen molar-refractivity contribution in [1.82, 2.24) is 5.32 Å². The Balaban J connectivity index is 0.000000121. The zero-order valence-corrected chi connectivity index (χ0v) is 7.78. The molecule has 1 heterocycles. The molecule has 0 aromatic carbocycles. The molecule has 0 spiro atoms. The Labute approximate surface area is 86.8 Å². The van der Waals surface area contributed by atoms with Crippen molar-refractivity contribution in [2.45, 2.75) is 0 Å². The normalized spacial score (nSPS) is 14.5. The van der Waals surface area contributed by atoms with E-state index in [4.69, 9.17) is 6.42 Å². The van der Waals surface area contributed by atoms with E-state index in [0.717, 1.165) is 6.08 Å². The Hall–Kier alpha value is -2.34. The van der Waals surface area contributed by atoms with Crippen LogP contribution in [-0.2, 0) is 9.59 Å². The van der Waals surface area contributed by atoms with Crippen molar-refractivity contribution in [2.24, 2.45) is 0 Å². The molecule has 1 aliphatic heterocycles. The van der Waals surface area contributed by atoms with E-state index < -0.39 is 11.8 Å². The zero-order chi connectivity index (χ0) is 10.8. The number of nitrogens with one attached hydrogen (secondary N) is 1. The lowest BCUT2D eigenvalue weighted by molar-refractivity contribution is -0.123. The van der Waals surface area contributed by atoms with E-state index in [-0.39, 0.29) is 5.57 Å². The van der Waals surface area contributed by atoms with Crippen molar-refractivity contribution in [3.8, 4) is 23.5 Å². The number of amides is 2. The molecule has 0 atom stereocenters. The lowest BCUT2D eigenvalue weighted by atomic mass is 9.95. The quantitative estimate of drug-likeness (QED) is 0.503. The largest absolute Gasteiger partial charge is 0.288 e. The average Bonchev–Trinajstić information content (AvgIpc) is 2.52. The molecule has 0 saturated carbocycles. The van der Waals surface area contributed by atoms with Gasteiger partial charge in [0, 0.05) is 6.08 Å². The number of rotatable bonds is 0. The monoisotopic (exact) mass is 197 g/mol. The highest BCUT2D eigenvalue weighted by Gasteiger charge is 2.17. The van der Waals surface area contributed by atoms with Crippen molar-refractivity contribution >= 4 is 11.8 Å². The average molecular weight is 197 g/mol. The van der Waals surface area contributed by atoms with Crippen LogP contribution in [0.4, 0.5) is 0 Å². The fraction of sp³-hybridized carbons (Fsp3) is 0. The summed E-state index contributed by atoms with van der Waals surface area (Å²) in [7, 11) is 0. The lowest BCUT2D eigenvalue weighted by Gasteiger charge is -2.10. The van der Waals surface area contributed by atoms with E-state index >= 15 is 0 Å². The molecule has 0 bridgehead atoms. The van der Waals surface area contributed by atoms with E-state index in [2.05, 4.69) is 30.2 Å². The topological polar surface area (TPSA) is 46.2 Å². The van der Waals surface area contributed by atoms with Gasteiger partial charge in [0.1, 0.15) is 0 Å². The number of benzene rings is 1. The minimum absolute atomic E-state index is 0.0972. The Kier molecular flexibility index (Phi) is 2.11. The van der Waals surface area contributed by atoms with E-state index in [1.807, 2.05) is 5.32 Å². The minimum Gasteiger partial charge on any atom is -0.288 e. The van der Waals surface area contributed by atoms with Crippen LogP contribution >= 0.6 is 0 Å². The Bertz CT molecular complexity index is 482. The maximum atomic E-state index is 10.5. The molecule has 15 heavy (non-hydrogen) atoms. The molecule has 72 valence electrons. The summed E-state index contributed by atoms with van der Waals surface area (Å²) in [6.45, 7) is 0. The van der Waals surface area contributed by atoms with Gasteiger partial charge in [-0.05, 0) is 11.1 Å². The first-order valence-electron chi connectivity index (χ1n) is 4.35. The van der Waals surface area contributed by atoms with Crippen molar-refractivity contribution in [3.63, 3.8) is 0 Å². The summed E-state index contributed by atoms with van der Waals surface area (Å²) in [6, 6.07) is 8.48. The molecule has 0 radical (unpaired) electrons. The van der Waals surface area contributed by atoms with E-state index in [0.29, 0.717) is 0 Å². The van der Waals surface area contributed by atoms with Crippen LogP contribution in [-0.4, -0.2) is 11.8 Å². The third-order valence-electron chi connectivity index (χ3n) is 2.13. The van der Waals surface area contributed by atoms with Crippen LogP contribution in [0, 0.1) is 12.3 Å². The van der Waals surface area contributed by atoms with Crippen molar-refractivity contribution in [1.29, 1.82) is 0 Å². The molecule has 0 aromatic heterocycles. The summed E-state index contributed by atoms with van der Waals surface area (Å²) in [5.41, 5.74) is 2.95. The van der Waals surface area contributed by atoms with Gasteiger partial charge in [-0.1, -0.05) is 30.2 Å². The van der Waals surface area contributed by atoms with Crippen molar-refractivity contribution < 1.29 is 9.59 Å². The van der Waals surface area contributed by atoms with Crippen LogP contribution in [0.1, 0.15) is 0 Å². The molecular formula is C12H7NO2. The van der Waals surface area contributed by atoms with Gasteiger partial charge in [0.15, 0.2) is 0 Å². The van der Waals surface area contributed by atoms with Gasteiger partial charge in [-0.2, -0.15) is 0 Å². The fourth-order valence-corrected chi connectivity index (χ4v) is 1.18. The molecule has 3 nitrogen and oxygen atoms in total. The first-order chi connectivity index (χ1) is 7.20. The summed E-state index contributed by atoms with van der Waals surface area (Å²) in [6.07, 6.45) is 5.95. The van der Waals surface area contributed by atoms with Crippen molar-refractivity contribution in [3.05, 3.63) is 35.9 Å². The third-order valence-corrected chi connectivity index (χ3v) is 2.13. The second-order valence-corrected chi connectivity index (χ2v) is 3.10. The number of imide groups is 1.